The van der Waals surface area contributed by atoms with Crippen LogP contribution in [0.4, 0.5) is 0 Å². The molecule has 158 valence electrons. The Morgan fingerprint density at radius 3 is 2.86 bits per heavy atom. The van der Waals surface area contributed by atoms with Gasteiger partial charge in [0.15, 0.2) is 0 Å². The van der Waals surface area contributed by atoms with E-state index in [-0.39, 0.29) is 42.9 Å². The van der Waals surface area contributed by atoms with E-state index in [9.17, 15) is 14.7 Å². The molecule has 5 rings (SSSR count). The Kier molecular flexibility index (Phi) is 4.17. The average molecular weight is 404 g/mol. The maximum atomic E-state index is 13.3. The number of carbonyl (C=O) groups excluding carboxylic acids is 2. The number of cyclic esters (lactones) is 1. The van der Waals surface area contributed by atoms with Crippen molar-refractivity contribution in [1.29, 1.82) is 0 Å². The third-order valence-corrected chi connectivity index (χ3v) is 8.27. The number of carbonyl (C=O) groups is 2. The van der Waals surface area contributed by atoms with Gasteiger partial charge in [-0.25, -0.2) is 0 Å². The smallest absolute Gasteiger partial charge is 0.312 e. The second-order valence-electron chi connectivity index (χ2n) is 9.40. The van der Waals surface area contributed by atoms with Crippen LogP contribution in [0, 0.1) is 22.7 Å². The minimum atomic E-state index is -0.842. The molecule has 0 aromatic carbocycles. The van der Waals surface area contributed by atoms with Crippen molar-refractivity contribution in [2.24, 2.45) is 22.7 Å². The van der Waals surface area contributed by atoms with Crippen LogP contribution in [-0.2, 0) is 23.8 Å². The van der Waals surface area contributed by atoms with Crippen molar-refractivity contribution in [2.75, 3.05) is 13.2 Å². The Labute approximate surface area is 169 Å². The highest BCUT2D eigenvalue weighted by Gasteiger charge is 2.79. The van der Waals surface area contributed by atoms with Crippen LogP contribution in [0.25, 0.3) is 0 Å². The summed E-state index contributed by atoms with van der Waals surface area (Å²) in [6.45, 7) is 4.27. The zero-order chi connectivity index (χ0) is 20.4. The number of aliphatic hydroxyl groups excluding tert-OH is 1. The summed E-state index contributed by atoms with van der Waals surface area (Å²) < 4.78 is 22.9. The maximum absolute atomic E-state index is 13.3. The van der Waals surface area contributed by atoms with E-state index in [4.69, 9.17) is 18.6 Å². The van der Waals surface area contributed by atoms with Crippen molar-refractivity contribution in [3.8, 4) is 0 Å². The molecule has 7 atom stereocenters. The Balaban J connectivity index is 1.61. The molecule has 0 amide bonds. The predicted molar refractivity (Wildman–Crippen MR) is 99.5 cm³/mol. The highest BCUT2D eigenvalue weighted by Crippen LogP contribution is 2.71. The normalized spacial score (nSPS) is 44.0. The molecular formula is C22H28O7. The molecule has 7 nitrogen and oxygen atoms in total. The first-order valence-electron chi connectivity index (χ1n) is 10.5. The SMILES string of the molecule is CC(=O)O[C@@H]1C[C@@H](C)[C@@]2(C[C@H](O)c3ccoc3)C(=O)OC[C@]13[C@@H]2CCC[C@]31CO1. The standard InChI is InChI=1S/C22H28O7/c1-13-8-18(29-14(2)23)22-12-27-19(25)21(13,9-16(24)15-5-7-26-10-15)17(22)4-3-6-20(22)11-28-20/h5,7,10,13,16-18,24H,3-4,6,8-9,11-12H2,1-2H3/t13-,16+,17-,18-,20+,21-,22+/m1/s1. The molecule has 2 bridgehead atoms. The van der Waals surface area contributed by atoms with E-state index in [0.29, 0.717) is 18.6 Å². The molecule has 1 aromatic rings. The third kappa shape index (κ3) is 2.43. The molecule has 2 aliphatic carbocycles. The number of furan rings is 1. The molecule has 0 radical (unpaired) electrons. The van der Waals surface area contributed by atoms with E-state index in [2.05, 4.69) is 0 Å². The fourth-order valence-electron chi connectivity index (χ4n) is 6.89. The minimum Gasteiger partial charge on any atom is -0.472 e. The lowest BCUT2D eigenvalue weighted by atomic mass is 9.41. The van der Waals surface area contributed by atoms with Gasteiger partial charge in [0.1, 0.15) is 18.3 Å². The summed E-state index contributed by atoms with van der Waals surface area (Å²) in [6, 6.07) is 1.73. The van der Waals surface area contributed by atoms with Crippen molar-refractivity contribution < 1.29 is 33.3 Å². The summed E-state index contributed by atoms with van der Waals surface area (Å²) in [4.78, 5) is 25.3. The lowest BCUT2D eigenvalue weighted by molar-refractivity contribution is -0.267. The predicted octanol–water partition coefficient (Wildman–Crippen LogP) is 2.77. The van der Waals surface area contributed by atoms with Crippen LogP contribution in [0.2, 0.25) is 0 Å². The number of esters is 2. The summed E-state index contributed by atoms with van der Waals surface area (Å²) >= 11 is 0. The van der Waals surface area contributed by atoms with Gasteiger partial charge in [-0.3, -0.25) is 9.59 Å². The molecule has 29 heavy (non-hydrogen) atoms. The molecule has 4 fully saturated rings. The molecular weight excluding hydrogens is 376 g/mol. The lowest BCUT2D eigenvalue weighted by Gasteiger charge is -2.65. The number of ether oxygens (including phenoxy) is 3. The fraction of sp³-hybridized carbons (Fsp3) is 0.727. The third-order valence-electron chi connectivity index (χ3n) is 8.27. The number of rotatable bonds is 4. The van der Waals surface area contributed by atoms with Crippen molar-refractivity contribution >= 4 is 11.9 Å². The highest BCUT2D eigenvalue weighted by molar-refractivity contribution is 5.80. The maximum Gasteiger partial charge on any atom is 0.312 e. The van der Waals surface area contributed by atoms with Crippen molar-refractivity contribution in [2.45, 2.75) is 63.8 Å². The summed E-state index contributed by atoms with van der Waals surface area (Å²) in [7, 11) is 0. The van der Waals surface area contributed by atoms with Gasteiger partial charge in [0.25, 0.3) is 0 Å². The highest BCUT2D eigenvalue weighted by atomic mass is 16.6. The van der Waals surface area contributed by atoms with Gasteiger partial charge >= 0.3 is 11.9 Å². The van der Waals surface area contributed by atoms with Crippen molar-refractivity contribution in [3.05, 3.63) is 24.2 Å². The molecule has 2 aliphatic heterocycles. The van der Waals surface area contributed by atoms with Crippen molar-refractivity contribution in [1.82, 2.24) is 0 Å². The lowest BCUT2D eigenvalue weighted by Crippen LogP contribution is -2.72. The minimum absolute atomic E-state index is 0.0675. The Hall–Kier alpha value is -1.86. The largest absolute Gasteiger partial charge is 0.472 e. The summed E-state index contributed by atoms with van der Waals surface area (Å²) in [5.74, 6) is -0.734. The van der Waals surface area contributed by atoms with Gasteiger partial charge in [-0.05, 0) is 43.6 Å². The van der Waals surface area contributed by atoms with E-state index in [0.717, 1.165) is 19.3 Å². The van der Waals surface area contributed by atoms with Gasteiger partial charge in [-0.15, -0.1) is 0 Å². The molecule has 1 aromatic heterocycles. The zero-order valence-electron chi connectivity index (χ0n) is 16.9. The van der Waals surface area contributed by atoms with Crippen LogP contribution in [0.15, 0.2) is 23.0 Å². The second kappa shape index (κ2) is 6.32. The van der Waals surface area contributed by atoms with Crippen LogP contribution in [0.1, 0.15) is 57.6 Å². The van der Waals surface area contributed by atoms with Crippen LogP contribution in [0.3, 0.4) is 0 Å². The molecule has 3 heterocycles. The molecule has 1 N–H and O–H groups in total. The molecule has 2 saturated carbocycles. The van der Waals surface area contributed by atoms with Crippen LogP contribution in [0.5, 0.6) is 0 Å². The topological polar surface area (TPSA) is 98.5 Å². The summed E-state index contributed by atoms with van der Waals surface area (Å²) in [5, 5.41) is 11.0. The van der Waals surface area contributed by atoms with E-state index < -0.39 is 22.5 Å². The molecule has 0 unspecified atom stereocenters. The van der Waals surface area contributed by atoms with Gasteiger partial charge in [0, 0.05) is 12.5 Å². The molecule has 4 aliphatic rings. The Morgan fingerprint density at radius 1 is 1.41 bits per heavy atom. The molecule has 2 saturated heterocycles. The molecule has 1 spiro atoms. The number of epoxide rings is 1. The monoisotopic (exact) mass is 404 g/mol. The zero-order valence-corrected chi connectivity index (χ0v) is 16.9. The Bertz CT molecular complexity index is 813. The van der Waals surface area contributed by atoms with Gasteiger partial charge in [-0.2, -0.15) is 0 Å². The number of hydrogen-bond acceptors (Lipinski definition) is 7. The summed E-state index contributed by atoms with van der Waals surface area (Å²) in [6.07, 6.45) is 5.35. The quantitative estimate of drug-likeness (QED) is 0.608. The van der Waals surface area contributed by atoms with Gasteiger partial charge in [0.05, 0.1) is 36.1 Å². The average Bonchev–Trinajstić information content (AvgIpc) is 3.23. The second-order valence-corrected chi connectivity index (χ2v) is 9.40. The van der Waals surface area contributed by atoms with E-state index in [1.165, 1.54) is 19.5 Å². The van der Waals surface area contributed by atoms with E-state index in [1.54, 1.807) is 6.07 Å². The Morgan fingerprint density at radius 2 is 2.21 bits per heavy atom. The van der Waals surface area contributed by atoms with Gasteiger partial charge in [-0.1, -0.05) is 13.3 Å². The van der Waals surface area contributed by atoms with Gasteiger partial charge < -0.3 is 23.7 Å². The summed E-state index contributed by atoms with van der Waals surface area (Å²) in [5.41, 5.74) is -1.13. The molecule has 7 heteroatoms. The van der Waals surface area contributed by atoms with Crippen LogP contribution >= 0.6 is 0 Å². The van der Waals surface area contributed by atoms with E-state index >= 15 is 0 Å². The first kappa shape index (κ1) is 19.1. The number of hydrogen-bond donors (Lipinski definition) is 1. The fourth-order valence-corrected chi connectivity index (χ4v) is 6.89. The van der Waals surface area contributed by atoms with E-state index in [1.807, 2.05) is 6.92 Å². The number of aliphatic hydroxyl groups is 1. The van der Waals surface area contributed by atoms with Crippen molar-refractivity contribution in [3.63, 3.8) is 0 Å². The first-order valence-corrected chi connectivity index (χ1v) is 10.5. The first-order chi connectivity index (χ1) is 13.9. The van der Waals surface area contributed by atoms with Crippen LogP contribution < -0.4 is 0 Å². The van der Waals surface area contributed by atoms with Crippen LogP contribution in [-0.4, -0.2) is 42.0 Å². The van der Waals surface area contributed by atoms with Gasteiger partial charge in [0.2, 0.25) is 0 Å².